The molecule has 12 heavy (non-hydrogen) atoms. The number of allylic oxidation sites excluding steroid dienone is 2. The van der Waals surface area contributed by atoms with Gasteiger partial charge >= 0.3 is 0 Å². The molecule has 0 aliphatic carbocycles. The molecule has 0 fully saturated rings. The van der Waals surface area contributed by atoms with Crippen molar-refractivity contribution in [2.24, 2.45) is 0 Å². The van der Waals surface area contributed by atoms with Crippen LogP contribution in [0.4, 0.5) is 0 Å². The second kappa shape index (κ2) is 5.94. The van der Waals surface area contributed by atoms with Gasteiger partial charge < -0.3 is 0 Å². The lowest BCUT2D eigenvalue weighted by Crippen LogP contribution is -2.23. The van der Waals surface area contributed by atoms with Crippen LogP contribution in [0.3, 0.4) is 0 Å². The highest BCUT2D eigenvalue weighted by atomic mass is 35.7. The van der Waals surface area contributed by atoms with Crippen LogP contribution in [-0.2, 0) is 0 Å². The zero-order valence-corrected chi connectivity index (χ0v) is 12.0. The molecule has 0 amide bonds. The van der Waals surface area contributed by atoms with E-state index in [0.29, 0.717) is 5.67 Å². The Labute approximate surface area is 95.3 Å². The fourth-order valence-corrected chi connectivity index (χ4v) is 14.1. The normalized spacial score (nSPS) is 14.1. The van der Waals surface area contributed by atoms with Gasteiger partial charge in [-0.15, -0.1) is 44.3 Å². The van der Waals surface area contributed by atoms with E-state index in [1.807, 2.05) is 19.9 Å². The SMILES string of the molecule is C/C=C(\C)C[Si](Cl)(Cl)C[Si](Cl)Cl. The van der Waals surface area contributed by atoms with Gasteiger partial charge in [0, 0.05) is 0 Å². The molecule has 0 heterocycles. The van der Waals surface area contributed by atoms with E-state index in [-0.39, 0.29) is 0 Å². The number of rotatable bonds is 4. The van der Waals surface area contributed by atoms with Crippen molar-refractivity contribution in [3.05, 3.63) is 11.6 Å². The number of hydrogen-bond acceptors (Lipinski definition) is 0. The minimum Gasteiger partial charge on any atom is -0.147 e. The minimum atomic E-state index is -2.19. The Balaban J connectivity index is 4.03. The molecule has 0 nitrogen and oxygen atoms in total. The van der Waals surface area contributed by atoms with Gasteiger partial charge in [-0.2, -0.15) is 0 Å². The first kappa shape index (κ1) is 13.3. The van der Waals surface area contributed by atoms with Crippen molar-refractivity contribution in [2.45, 2.75) is 25.6 Å². The van der Waals surface area contributed by atoms with Crippen LogP contribution in [-0.4, -0.2) is 14.1 Å². The fraction of sp³-hybridized carbons (Fsp3) is 0.667. The molecule has 0 saturated heterocycles. The Bertz CT molecular complexity index is 167. The van der Waals surface area contributed by atoms with Crippen LogP contribution in [0.1, 0.15) is 13.8 Å². The maximum absolute atomic E-state index is 6.12. The first-order valence-corrected chi connectivity index (χ1v) is 11.7. The Morgan fingerprint density at radius 3 is 2.25 bits per heavy atom. The third-order valence-corrected chi connectivity index (χ3v) is 11.2. The summed E-state index contributed by atoms with van der Waals surface area (Å²) in [5.74, 6) is 0. The van der Waals surface area contributed by atoms with Gasteiger partial charge in [-0.25, -0.2) is 0 Å². The zero-order valence-electron chi connectivity index (χ0n) is 7.00. The maximum atomic E-state index is 6.12. The molecule has 0 N–H and O–H groups in total. The minimum absolute atomic E-state index is 0.620. The second-order valence-corrected chi connectivity index (χ2v) is 15.1. The summed E-state index contributed by atoms with van der Waals surface area (Å²) in [5, 5.41) is 0. The van der Waals surface area contributed by atoms with Crippen LogP contribution in [0, 0.1) is 0 Å². The molecule has 6 heteroatoms. The maximum Gasteiger partial charge on any atom is 0.273 e. The lowest BCUT2D eigenvalue weighted by Gasteiger charge is -2.16. The van der Waals surface area contributed by atoms with Gasteiger partial charge in [-0.3, -0.25) is 0 Å². The third kappa shape index (κ3) is 6.81. The van der Waals surface area contributed by atoms with E-state index in [0.717, 1.165) is 6.04 Å². The zero-order chi connectivity index (χ0) is 9.78. The van der Waals surface area contributed by atoms with Gasteiger partial charge in [0.1, 0.15) is 0 Å². The molecule has 0 aliphatic rings. The predicted octanol–water partition coefficient (Wildman–Crippen LogP) is 4.38. The van der Waals surface area contributed by atoms with E-state index >= 15 is 0 Å². The summed E-state index contributed by atoms with van der Waals surface area (Å²) in [5.41, 5.74) is 1.83. The van der Waals surface area contributed by atoms with Crippen molar-refractivity contribution in [3.63, 3.8) is 0 Å². The van der Waals surface area contributed by atoms with Crippen molar-refractivity contribution >= 4 is 58.4 Å². The van der Waals surface area contributed by atoms with E-state index in [4.69, 9.17) is 44.3 Å². The molecule has 0 bridgehead atoms. The number of hydrogen-bond donors (Lipinski definition) is 0. The molecule has 0 aromatic carbocycles. The average molecular weight is 281 g/mol. The smallest absolute Gasteiger partial charge is 0.147 e. The van der Waals surface area contributed by atoms with Crippen LogP contribution in [0.2, 0.25) is 11.7 Å². The molecule has 0 aromatic heterocycles. The molecule has 1 radical (unpaired) electrons. The van der Waals surface area contributed by atoms with Crippen molar-refractivity contribution in [3.8, 4) is 0 Å². The summed E-state index contributed by atoms with van der Waals surface area (Å²) >= 11 is 23.7. The van der Waals surface area contributed by atoms with Crippen molar-refractivity contribution < 1.29 is 0 Å². The standard InChI is InChI=1S/C6H11Cl4Si2/c1-3-6(2)4-12(9,10)5-11(7)8/h3H,4-5H2,1-2H3/b6-3+. The van der Waals surface area contributed by atoms with Gasteiger partial charge in [0.25, 0.3) is 14.1 Å². The molecule has 0 atom stereocenters. The van der Waals surface area contributed by atoms with E-state index in [9.17, 15) is 0 Å². The Kier molecular flexibility index (Phi) is 6.60. The molecular formula is C6H11Cl4Si2. The van der Waals surface area contributed by atoms with Gasteiger partial charge in [0.15, 0.2) is 0 Å². The summed E-state index contributed by atoms with van der Waals surface area (Å²) in [4.78, 5) is 0. The summed E-state index contributed by atoms with van der Waals surface area (Å²) in [6.07, 6.45) is 2.02. The first-order chi connectivity index (χ1) is 5.37. The fourth-order valence-electron chi connectivity index (χ4n) is 0.768. The van der Waals surface area contributed by atoms with Crippen LogP contribution in [0.15, 0.2) is 11.6 Å². The first-order valence-electron chi connectivity index (χ1n) is 3.54. The molecule has 0 aromatic rings. The highest BCUT2D eigenvalue weighted by Crippen LogP contribution is 2.31. The largest absolute Gasteiger partial charge is 0.273 e. The van der Waals surface area contributed by atoms with E-state index in [1.54, 1.807) is 0 Å². The quantitative estimate of drug-likeness (QED) is 0.407. The van der Waals surface area contributed by atoms with E-state index in [2.05, 4.69) is 0 Å². The van der Waals surface area contributed by atoms with Crippen molar-refractivity contribution in [1.29, 1.82) is 0 Å². The lowest BCUT2D eigenvalue weighted by molar-refractivity contribution is 1.33. The highest BCUT2D eigenvalue weighted by molar-refractivity contribution is 7.52. The summed E-state index contributed by atoms with van der Waals surface area (Å²) in [6, 6.07) is 0.764. The Morgan fingerprint density at radius 2 is 1.92 bits per heavy atom. The van der Waals surface area contributed by atoms with E-state index in [1.165, 1.54) is 5.57 Å². The van der Waals surface area contributed by atoms with E-state index < -0.39 is 14.1 Å². The Hall–Kier alpha value is 1.33. The summed E-state index contributed by atoms with van der Waals surface area (Å²) in [6.45, 7) is 1.80. The lowest BCUT2D eigenvalue weighted by atomic mass is 10.3. The molecule has 0 unspecified atom stereocenters. The van der Waals surface area contributed by atoms with Gasteiger partial charge in [0.2, 0.25) is 0 Å². The van der Waals surface area contributed by atoms with Crippen LogP contribution >= 0.6 is 44.3 Å². The second-order valence-electron chi connectivity index (χ2n) is 2.68. The molecule has 0 rings (SSSR count). The predicted molar refractivity (Wildman–Crippen MR) is 64.0 cm³/mol. The van der Waals surface area contributed by atoms with Gasteiger partial charge in [-0.1, -0.05) is 11.6 Å². The molecule has 0 spiro atoms. The van der Waals surface area contributed by atoms with Crippen molar-refractivity contribution in [1.82, 2.24) is 0 Å². The van der Waals surface area contributed by atoms with Crippen molar-refractivity contribution in [2.75, 3.05) is 0 Å². The van der Waals surface area contributed by atoms with Crippen LogP contribution < -0.4 is 0 Å². The van der Waals surface area contributed by atoms with Crippen LogP contribution in [0.25, 0.3) is 0 Å². The summed E-state index contributed by atoms with van der Waals surface area (Å²) in [7, 11) is -1.33. The highest BCUT2D eigenvalue weighted by Gasteiger charge is 2.32. The number of halogens is 4. The Morgan fingerprint density at radius 1 is 1.42 bits per heavy atom. The van der Waals surface area contributed by atoms with Gasteiger partial charge in [0.05, 0.1) is 0 Å². The summed E-state index contributed by atoms with van der Waals surface area (Å²) < 4.78 is 0. The van der Waals surface area contributed by atoms with Gasteiger partial charge in [-0.05, 0) is 25.6 Å². The molecule has 71 valence electrons. The third-order valence-electron chi connectivity index (χ3n) is 1.42. The molecule has 0 aliphatic heterocycles. The molecule has 0 saturated carbocycles. The topological polar surface area (TPSA) is 0 Å². The average Bonchev–Trinajstić information content (AvgIpc) is 1.83. The molecular weight excluding hydrogens is 270 g/mol. The van der Waals surface area contributed by atoms with Crippen LogP contribution in [0.5, 0.6) is 0 Å². The monoisotopic (exact) mass is 279 g/mol.